The highest BCUT2D eigenvalue weighted by Crippen LogP contribution is 2.28. The Morgan fingerprint density at radius 2 is 2.17 bits per heavy atom. The van der Waals surface area contributed by atoms with E-state index in [1.54, 1.807) is 18.2 Å². The molecule has 0 aliphatic rings. The normalized spacial score (nSPS) is 11.0. The molecule has 9 heteroatoms. The largest absolute Gasteiger partial charge is 0.435 e. The van der Waals surface area contributed by atoms with Gasteiger partial charge in [-0.2, -0.15) is 8.78 Å². The Balaban J connectivity index is 1.70. The summed E-state index contributed by atoms with van der Waals surface area (Å²) >= 11 is 1.36. The third-order valence-electron chi connectivity index (χ3n) is 2.94. The highest BCUT2D eigenvalue weighted by atomic mass is 32.1. The van der Waals surface area contributed by atoms with E-state index in [1.807, 2.05) is 18.0 Å². The predicted octanol–water partition coefficient (Wildman–Crippen LogP) is 3.43. The average molecular weight is 338 g/mol. The molecule has 23 heavy (non-hydrogen) atoms. The number of halogens is 2. The number of rotatable bonds is 6. The van der Waals surface area contributed by atoms with Crippen LogP contribution in [0.25, 0.3) is 10.7 Å². The van der Waals surface area contributed by atoms with E-state index in [0.717, 1.165) is 5.56 Å². The lowest BCUT2D eigenvalue weighted by Gasteiger charge is -2.15. The second kappa shape index (κ2) is 6.69. The molecule has 0 unspecified atom stereocenters. The van der Waals surface area contributed by atoms with Crippen molar-refractivity contribution in [2.24, 2.45) is 0 Å². The van der Waals surface area contributed by atoms with Gasteiger partial charge in [0.2, 0.25) is 5.13 Å². The van der Waals surface area contributed by atoms with Crippen LogP contribution in [-0.2, 0) is 6.54 Å². The molecule has 6 nitrogen and oxygen atoms in total. The Bertz CT molecular complexity index is 764. The molecule has 120 valence electrons. The highest BCUT2D eigenvalue weighted by Gasteiger charge is 2.13. The average Bonchev–Trinajstić information content (AvgIpc) is 3.18. The maximum absolute atomic E-state index is 12.3. The summed E-state index contributed by atoms with van der Waals surface area (Å²) in [5.74, 6) is 0.131. The van der Waals surface area contributed by atoms with Gasteiger partial charge in [0.05, 0.1) is 0 Å². The van der Waals surface area contributed by atoms with Crippen LogP contribution in [0.1, 0.15) is 5.56 Å². The smallest absolute Gasteiger partial charge is 0.387 e. The minimum atomic E-state index is -2.84. The number of anilines is 1. The van der Waals surface area contributed by atoms with Crippen molar-refractivity contribution in [3.05, 3.63) is 42.2 Å². The van der Waals surface area contributed by atoms with E-state index >= 15 is 0 Å². The SMILES string of the molecule is CN(Cc1cccc(OC(F)F)c1)c1nnc(-c2ccon2)s1. The van der Waals surface area contributed by atoms with Gasteiger partial charge < -0.3 is 14.2 Å². The van der Waals surface area contributed by atoms with Crippen LogP contribution in [0, 0.1) is 0 Å². The van der Waals surface area contributed by atoms with E-state index in [1.165, 1.54) is 23.7 Å². The Hall–Kier alpha value is -2.55. The quantitative estimate of drug-likeness (QED) is 0.686. The van der Waals surface area contributed by atoms with Gasteiger partial charge in [0, 0.05) is 19.7 Å². The minimum absolute atomic E-state index is 0.131. The fourth-order valence-corrected chi connectivity index (χ4v) is 2.72. The Kier molecular flexibility index (Phi) is 4.47. The first-order valence-electron chi connectivity index (χ1n) is 6.61. The van der Waals surface area contributed by atoms with Crippen molar-refractivity contribution in [3.8, 4) is 16.5 Å². The lowest BCUT2D eigenvalue weighted by atomic mass is 10.2. The summed E-state index contributed by atoms with van der Waals surface area (Å²) in [5, 5.41) is 13.3. The predicted molar refractivity (Wildman–Crippen MR) is 80.6 cm³/mol. The summed E-state index contributed by atoms with van der Waals surface area (Å²) in [4.78, 5) is 1.86. The van der Waals surface area contributed by atoms with E-state index in [4.69, 9.17) is 4.52 Å². The summed E-state index contributed by atoms with van der Waals surface area (Å²) in [7, 11) is 1.84. The van der Waals surface area contributed by atoms with Gasteiger partial charge in [-0.05, 0) is 17.7 Å². The fourth-order valence-electron chi connectivity index (χ4n) is 1.96. The van der Waals surface area contributed by atoms with E-state index in [2.05, 4.69) is 20.1 Å². The van der Waals surface area contributed by atoms with Gasteiger partial charge >= 0.3 is 6.61 Å². The summed E-state index contributed by atoms with van der Waals surface area (Å²) in [6.07, 6.45) is 1.47. The van der Waals surface area contributed by atoms with Gasteiger partial charge in [-0.15, -0.1) is 10.2 Å². The molecule has 0 N–H and O–H groups in total. The highest BCUT2D eigenvalue weighted by molar-refractivity contribution is 7.18. The van der Waals surface area contributed by atoms with E-state index in [0.29, 0.717) is 22.4 Å². The summed E-state index contributed by atoms with van der Waals surface area (Å²) in [5.41, 5.74) is 1.44. The molecule has 0 bridgehead atoms. The molecular formula is C14H12F2N4O2S. The maximum Gasteiger partial charge on any atom is 0.387 e. The maximum atomic E-state index is 12.3. The van der Waals surface area contributed by atoms with E-state index in [9.17, 15) is 8.78 Å². The van der Waals surface area contributed by atoms with Gasteiger partial charge in [0.25, 0.3) is 0 Å². The minimum Gasteiger partial charge on any atom is -0.435 e. The number of nitrogens with zero attached hydrogens (tertiary/aromatic N) is 4. The molecule has 3 aromatic rings. The molecule has 0 aliphatic heterocycles. The Labute approximate surface area is 134 Å². The van der Waals surface area contributed by atoms with Crippen molar-refractivity contribution in [2.45, 2.75) is 13.2 Å². The molecule has 1 aromatic carbocycles. The topological polar surface area (TPSA) is 64.3 Å². The number of benzene rings is 1. The van der Waals surface area contributed by atoms with Crippen LogP contribution < -0.4 is 9.64 Å². The number of alkyl halides is 2. The van der Waals surface area contributed by atoms with Gasteiger partial charge in [-0.25, -0.2) is 0 Å². The molecule has 2 heterocycles. The zero-order valence-electron chi connectivity index (χ0n) is 12.0. The van der Waals surface area contributed by atoms with Crippen molar-refractivity contribution in [1.82, 2.24) is 15.4 Å². The molecule has 0 atom stereocenters. The third-order valence-corrected chi connectivity index (χ3v) is 4.00. The van der Waals surface area contributed by atoms with Crippen molar-refractivity contribution < 1.29 is 18.0 Å². The van der Waals surface area contributed by atoms with Crippen LogP contribution in [0.3, 0.4) is 0 Å². The third kappa shape index (κ3) is 3.81. The Morgan fingerprint density at radius 3 is 2.91 bits per heavy atom. The monoisotopic (exact) mass is 338 g/mol. The first-order chi connectivity index (χ1) is 11.1. The molecule has 2 aromatic heterocycles. The zero-order valence-corrected chi connectivity index (χ0v) is 12.8. The molecule has 0 fully saturated rings. The van der Waals surface area contributed by atoms with Crippen molar-refractivity contribution in [1.29, 1.82) is 0 Å². The van der Waals surface area contributed by atoms with E-state index < -0.39 is 6.61 Å². The molecule has 3 rings (SSSR count). The zero-order chi connectivity index (χ0) is 16.2. The van der Waals surface area contributed by atoms with Gasteiger partial charge in [0.15, 0.2) is 5.01 Å². The lowest BCUT2D eigenvalue weighted by Crippen LogP contribution is -2.16. The summed E-state index contributed by atoms with van der Waals surface area (Å²) < 4.78 is 33.7. The summed E-state index contributed by atoms with van der Waals surface area (Å²) in [6.45, 7) is -2.36. The van der Waals surface area contributed by atoms with Crippen molar-refractivity contribution in [3.63, 3.8) is 0 Å². The van der Waals surface area contributed by atoms with E-state index in [-0.39, 0.29) is 5.75 Å². The van der Waals surface area contributed by atoms with Crippen LogP contribution in [0.15, 0.2) is 41.1 Å². The molecule has 0 saturated carbocycles. The molecule has 0 saturated heterocycles. The molecule has 0 spiro atoms. The van der Waals surface area contributed by atoms with Crippen molar-refractivity contribution >= 4 is 16.5 Å². The summed E-state index contributed by atoms with van der Waals surface area (Å²) in [6, 6.07) is 8.26. The molecule has 0 radical (unpaired) electrons. The number of aromatic nitrogens is 3. The fraction of sp³-hybridized carbons (Fsp3) is 0.214. The van der Waals surface area contributed by atoms with Gasteiger partial charge in [0.1, 0.15) is 17.7 Å². The first kappa shape index (κ1) is 15.3. The number of hydrogen-bond donors (Lipinski definition) is 0. The van der Waals surface area contributed by atoms with Crippen LogP contribution in [-0.4, -0.2) is 29.0 Å². The second-order valence-electron chi connectivity index (χ2n) is 4.66. The first-order valence-corrected chi connectivity index (χ1v) is 7.42. The van der Waals surface area contributed by atoms with Crippen LogP contribution in [0.2, 0.25) is 0 Å². The van der Waals surface area contributed by atoms with Crippen molar-refractivity contribution in [2.75, 3.05) is 11.9 Å². The second-order valence-corrected chi connectivity index (χ2v) is 5.61. The standard InChI is InChI=1S/C14H12F2N4O2S/c1-20(8-9-3-2-4-10(7-9)22-13(15)16)14-18-17-12(23-14)11-5-6-21-19-11/h2-7,13H,8H2,1H3. The van der Waals surface area contributed by atoms with Crippen LogP contribution in [0.4, 0.5) is 13.9 Å². The van der Waals surface area contributed by atoms with Gasteiger partial charge in [-0.3, -0.25) is 0 Å². The van der Waals surface area contributed by atoms with Crippen LogP contribution >= 0.6 is 11.3 Å². The molecule has 0 aliphatic carbocycles. The molecular weight excluding hydrogens is 326 g/mol. The lowest BCUT2D eigenvalue weighted by molar-refractivity contribution is -0.0498. The molecule has 0 amide bonds. The Morgan fingerprint density at radius 1 is 1.30 bits per heavy atom. The number of ether oxygens (including phenoxy) is 1. The van der Waals surface area contributed by atoms with Crippen LogP contribution in [0.5, 0.6) is 5.75 Å². The number of hydrogen-bond acceptors (Lipinski definition) is 7. The van der Waals surface area contributed by atoms with Gasteiger partial charge in [-0.1, -0.05) is 28.6 Å².